The molecule has 0 unspecified atom stereocenters. The van der Waals surface area contributed by atoms with Gasteiger partial charge in [0, 0.05) is 15.8 Å². The number of urea groups is 1. The highest BCUT2D eigenvalue weighted by atomic mass is 79.9. The maximum atomic E-state index is 12.4. The number of rotatable bonds is 4. The van der Waals surface area contributed by atoms with Crippen molar-refractivity contribution in [1.82, 2.24) is 0 Å². The monoisotopic (exact) mass is 374 g/mol. The predicted molar refractivity (Wildman–Crippen MR) is 101 cm³/mol. The Kier molecular flexibility index (Phi) is 5.83. The number of amides is 2. The van der Waals surface area contributed by atoms with Gasteiger partial charge >= 0.3 is 6.03 Å². The molecular formula is C19H23BrN2O. The summed E-state index contributed by atoms with van der Waals surface area (Å²) in [4.78, 5) is 12.4. The number of hydrogen-bond donors (Lipinski definition) is 2. The standard InChI is InChI=1S/C19H23BrN2O/c1-12(2)16-6-5-7-17(13(3)4)18(16)22-19(23)21-15-10-8-14(20)9-11-15/h5-13H,1-4H3,(H2,21,22,23). The van der Waals surface area contributed by atoms with Crippen LogP contribution in [0.1, 0.15) is 50.7 Å². The highest BCUT2D eigenvalue weighted by Crippen LogP contribution is 2.32. The van der Waals surface area contributed by atoms with Gasteiger partial charge < -0.3 is 10.6 Å². The largest absolute Gasteiger partial charge is 0.323 e. The SMILES string of the molecule is CC(C)c1cccc(C(C)C)c1NC(=O)Nc1ccc(Br)cc1. The van der Waals surface area contributed by atoms with Crippen LogP contribution in [0.2, 0.25) is 0 Å². The van der Waals surface area contributed by atoms with Crippen molar-refractivity contribution in [2.75, 3.05) is 10.6 Å². The van der Waals surface area contributed by atoms with E-state index in [-0.39, 0.29) is 6.03 Å². The van der Waals surface area contributed by atoms with E-state index < -0.39 is 0 Å². The Balaban J connectivity index is 2.24. The Morgan fingerprint density at radius 3 is 1.87 bits per heavy atom. The van der Waals surface area contributed by atoms with Gasteiger partial charge in [0.2, 0.25) is 0 Å². The summed E-state index contributed by atoms with van der Waals surface area (Å²) in [6.07, 6.45) is 0. The van der Waals surface area contributed by atoms with Crippen LogP contribution < -0.4 is 10.6 Å². The lowest BCUT2D eigenvalue weighted by molar-refractivity contribution is 0.262. The fourth-order valence-electron chi connectivity index (χ4n) is 2.50. The number of para-hydroxylation sites is 1. The summed E-state index contributed by atoms with van der Waals surface area (Å²) in [5, 5.41) is 5.92. The first-order valence-corrected chi connectivity index (χ1v) is 8.64. The molecule has 0 aromatic heterocycles. The van der Waals surface area contributed by atoms with E-state index in [9.17, 15) is 4.79 Å². The van der Waals surface area contributed by atoms with Crippen LogP contribution in [-0.2, 0) is 0 Å². The molecular weight excluding hydrogens is 352 g/mol. The third-order valence-corrected chi connectivity index (χ3v) is 4.24. The molecule has 0 aliphatic rings. The highest BCUT2D eigenvalue weighted by molar-refractivity contribution is 9.10. The topological polar surface area (TPSA) is 41.1 Å². The third kappa shape index (κ3) is 4.58. The number of nitrogens with one attached hydrogen (secondary N) is 2. The maximum Gasteiger partial charge on any atom is 0.323 e. The number of carbonyl (C=O) groups excluding carboxylic acids is 1. The van der Waals surface area contributed by atoms with Crippen LogP contribution in [0.25, 0.3) is 0 Å². The van der Waals surface area contributed by atoms with E-state index >= 15 is 0 Å². The van der Waals surface area contributed by atoms with E-state index in [4.69, 9.17) is 0 Å². The molecule has 2 aromatic carbocycles. The van der Waals surface area contributed by atoms with Gasteiger partial charge in [-0.3, -0.25) is 0 Å². The first-order valence-electron chi connectivity index (χ1n) is 7.85. The van der Waals surface area contributed by atoms with Gasteiger partial charge in [0.25, 0.3) is 0 Å². The Bertz CT molecular complexity index is 652. The normalized spacial score (nSPS) is 10.9. The zero-order chi connectivity index (χ0) is 17.0. The second kappa shape index (κ2) is 7.64. The molecule has 0 atom stereocenters. The lowest BCUT2D eigenvalue weighted by atomic mass is 9.93. The second-order valence-electron chi connectivity index (χ2n) is 6.21. The average Bonchev–Trinajstić information content (AvgIpc) is 2.49. The van der Waals surface area contributed by atoms with Crippen molar-refractivity contribution in [2.24, 2.45) is 0 Å². The van der Waals surface area contributed by atoms with Crippen molar-refractivity contribution in [3.8, 4) is 0 Å². The van der Waals surface area contributed by atoms with Crippen molar-refractivity contribution in [2.45, 2.75) is 39.5 Å². The highest BCUT2D eigenvalue weighted by Gasteiger charge is 2.15. The van der Waals surface area contributed by atoms with E-state index in [0.29, 0.717) is 11.8 Å². The van der Waals surface area contributed by atoms with Gasteiger partial charge in [-0.15, -0.1) is 0 Å². The Morgan fingerprint density at radius 1 is 0.870 bits per heavy atom. The van der Waals surface area contributed by atoms with Crippen LogP contribution >= 0.6 is 15.9 Å². The summed E-state index contributed by atoms with van der Waals surface area (Å²) in [6.45, 7) is 8.54. The van der Waals surface area contributed by atoms with E-state index in [0.717, 1.165) is 27.0 Å². The fourth-order valence-corrected chi connectivity index (χ4v) is 2.77. The molecule has 0 radical (unpaired) electrons. The van der Waals surface area contributed by atoms with Crippen LogP contribution in [-0.4, -0.2) is 6.03 Å². The fraction of sp³-hybridized carbons (Fsp3) is 0.316. The summed E-state index contributed by atoms with van der Waals surface area (Å²) in [6, 6.07) is 13.5. The number of halogens is 1. The van der Waals surface area contributed by atoms with Gasteiger partial charge in [-0.05, 0) is 47.2 Å². The van der Waals surface area contributed by atoms with Crippen molar-refractivity contribution < 1.29 is 4.79 Å². The molecule has 0 saturated carbocycles. The van der Waals surface area contributed by atoms with Crippen molar-refractivity contribution in [3.63, 3.8) is 0 Å². The number of benzene rings is 2. The smallest absolute Gasteiger partial charge is 0.308 e. The van der Waals surface area contributed by atoms with Crippen LogP contribution in [0.4, 0.5) is 16.2 Å². The summed E-state index contributed by atoms with van der Waals surface area (Å²) in [5.41, 5.74) is 4.00. The summed E-state index contributed by atoms with van der Waals surface area (Å²) >= 11 is 3.39. The summed E-state index contributed by atoms with van der Waals surface area (Å²) in [7, 11) is 0. The van der Waals surface area contributed by atoms with Crippen LogP contribution in [0, 0.1) is 0 Å². The average molecular weight is 375 g/mol. The summed E-state index contributed by atoms with van der Waals surface area (Å²) in [5.74, 6) is 0.688. The Labute approximate surface area is 146 Å². The van der Waals surface area contributed by atoms with Gasteiger partial charge in [0.05, 0.1) is 0 Å². The molecule has 3 nitrogen and oxygen atoms in total. The van der Waals surface area contributed by atoms with E-state index in [2.05, 4.69) is 72.5 Å². The minimum atomic E-state index is -0.220. The minimum absolute atomic E-state index is 0.220. The van der Waals surface area contributed by atoms with Gasteiger partial charge in [-0.25, -0.2) is 4.79 Å². The molecule has 0 heterocycles. The Morgan fingerprint density at radius 2 is 1.39 bits per heavy atom. The zero-order valence-electron chi connectivity index (χ0n) is 14.0. The van der Waals surface area contributed by atoms with Gasteiger partial charge in [-0.2, -0.15) is 0 Å². The van der Waals surface area contributed by atoms with E-state index in [1.165, 1.54) is 0 Å². The third-order valence-electron chi connectivity index (χ3n) is 3.71. The molecule has 0 fully saturated rings. The van der Waals surface area contributed by atoms with Crippen LogP contribution in [0.3, 0.4) is 0 Å². The first-order chi connectivity index (χ1) is 10.9. The molecule has 2 aromatic rings. The molecule has 2 N–H and O–H groups in total. The molecule has 0 saturated heterocycles. The van der Waals surface area contributed by atoms with Crippen molar-refractivity contribution in [1.29, 1.82) is 0 Å². The minimum Gasteiger partial charge on any atom is -0.308 e. The molecule has 0 aliphatic heterocycles. The van der Waals surface area contributed by atoms with Gasteiger partial charge in [-0.1, -0.05) is 61.8 Å². The number of carbonyl (C=O) groups is 1. The molecule has 0 bridgehead atoms. The second-order valence-corrected chi connectivity index (χ2v) is 7.12. The van der Waals surface area contributed by atoms with Gasteiger partial charge in [0.1, 0.15) is 0 Å². The quantitative estimate of drug-likeness (QED) is 0.643. The van der Waals surface area contributed by atoms with E-state index in [1.807, 2.05) is 24.3 Å². The molecule has 0 spiro atoms. The van der Waals surface area contributed by atoms with Gasteiger partial charge in [0.15, 0.2) is 0 Å². The zero-order valence-corrected chi connectivity index (χ0v) is 15.6. The summed E-state index contributed by atoms with van der Waals surface area (Å²) < 4.78 is 0.982. The Hall–Kier alpha value is -1.81. The van der Waals surface area contributed by atoms with Crippen molar-refractivity contribution in [3.05, 3.63) is 58.1 Å². The van der Waals surface area contributed by atoms with Crippen molar-refractivity contribution >= 4 is 33.3 Å². The lowest BCUT2D eigenvalue weighted by Crippen LogP contribution is -2.21. The maximum absolute atomic E-state index is 12.4. The molecule has 2 amide bonds. The molecule has 0 aliphatic carbocycles. The molecule has 4 heteroatoms. The molecule has 2 rings (SSSR count). The lowest BCUT2D eigenvalue weighted by Gasteiger charge is -2.20. The predicted octanol–water partition coefficient (Wildman–Crippen LogP) is 6.34. The molecule has 23 heavy (non-hydrogen) atoms. The van der Waals surface area contributed by atoms with E-state index in [1.54, 1.807) is 0 Å². The number of hydrogen-bond acceptors (Lipinski definition) is 1. The number of anilines is 2. The van der Waals surface area contributed by atoms with Crippen LogP contribution in [0.5, 0.6) is 0 Å². The first kappa shape index (κ1) is 17.5. The van der Waals surface area contributed by atoms with Crippen LogP contribution in [0.15, 0.2) is 46.9 Å². The molecule has 122 valence electrons.